The molecular weight excluding hydrogens is 357 g/mol. The molecule has 0 aliphatic heterocycles. The van der Waals surface area contributed by atoms with Gasteiger partial charge in [-0.3, -0.25) is 9.25 Å². The van der Waals surface area contributed by atoms with Gasteiger partial charge in [0, 0.05) is 30.2 Å². The highest BCUT2D eigenvalue weighted by molar-refractivity contribution is 7.20. The van der Waals surface area contributed by atoms with E-state index in [2.05, 4.69) is 10.1 Å². The van der Waals surface area contributed by atoms with Crippen LogP contribution in [0.3, 0.4) is 0 Å². The standard InChI is InChI=1S/C15H9F3N4O2S/c1-21-6-9-8-4-10(14(23)24)25-13(8)22(12(9)20-21)11-3-2-7(5-19-11)15(16,17)18/h2-6H,1H3,(H,23,24). The van der Waals surface area contributed by atoms with Gasteiger partial charge in [-0.2, -0.15) is 18.3 Å². The van der Waals surface area contributed by atoms with Gasteiger partial charge < -0.3 is 5.11 Å². The first-order chi connectivity index (χ1) is 11.8. The van der Waals surface area contributed by atoms with Crippen LogP contribution in [0.15, 0.2) is 30.6 Å². The van der Waals surface area contributed by atoms with E-state index in [4.69, 9.17) is 0 Å². The average Bonchev–Trinajstić information content (AvgIpc) is 3.16. The number of hydrogen-bond donors (Lipinski definition) is 1. The molecule has 25 heavy (non-hydrogen) atoms. The van der Waals surface area contributed by atoms with Gasteiger partial charge in [0.15, 0.2) is 5.65 Å². The summed E-state index contributed by atoms with van der Waals surface area (Å²) in [6, 6.07) is 3.72. The van der Waals surface area contributed by atoms with E-state index < -0.39 is 17.7 Å². The summed E-state index contributed by atoms with van der Waals surface area (Å²) < 4.78 is 41.3. The van der Waals surface area contributed by atoms with Crippen LogP contribution < -0.4 is 0 Å². The van der Waals surface area contributed by atoms with Crippen molar-refractivity contribution >= 4 is 38.6 Å². The molecule has 0 aliphatic carbocycles. The molecule has 1 N–H and O–H groups in total. The number of halogens is 3. The van der Waals surface area contributed by atoms with Crippen molar-refractivity contribution < 1.29 is 23.1 Å². The molecule has 0 saturated carbocycles. The molecule has 0 saturated heterocycles. The third kappa shape index (κ3) is 2.37. The number of nitrogens with zero attached hydrogens (tertiary/aromatic N) is 4. The second-order valence-electron chi connectivity index (χ2n) is 5.41. The number of pyridine rings is 1. The molecule has 0 fully saturated rings. The van der Waals surface area contributed by atoms with Gasteiger partial charge in [-0.05, 0) is 18.2 Å². The second kappa shape index (κ2) is 5.06. The fourth-order valence-electron chi connectivity index (χ4n) is 2.67. The number of hydrogen-bond acceptors (Lipinski definition) is 4. The Hall–Kier alpha value is -2.88. The minimum absolute atomic E-state index is 0.136. The summed E-state index contributed by atoms with van der Waals surface area (Å²) in [5.41, 5.74) is -0.345. The molecule has 0 bridgehead atoms. The largest absolute Gasteiger partial charge is 0.477 e. The first-order valence-electron chi connectivity index (χ1n) is 7.00. The van der Waals surface area contributed by atoms with Gasteiger partial charge in [-0.25, -0.2) is 9.78 Å². The molecular formula is C15H9F3N4O2S. The Labute approximate surface area is 141 Å². The van der Waals surface area contributed by atoms with Crippen molar-refractivity contribution in [3.63, 3.8) is 0 Å². The molecule has 0 spiro atoms. The molecule has 4 aromatic rings. The number of aryl methyl sites for hydroxylation is 1. The zero-order valence-electron chi connectivity index (χ0n) is 12.6. The van der Waals surface area contributed by atoms with Crippen LogP contribution in [0.1, 0.15) is 15.2 Å². The highest BCUT2D eigenvalue weighted by Crippen LogP contribution is 2.37. The minimum atomic E-state index is -4.47. The van der Waals surface area contributed by atoms with Gasteiger partial charge >= 0.3 is 12.1 Å². The van der Waals surface area contributed by atoms with Crippen molar-refractivity contribution in [2.45, 2.75) is 6.18 Å². The predicted octanol–water partition coefficient (Wildman–Crippen LogP) is 3.69. The first-order valence-corrected chi connectivity index (χ1v) is 7.82. The molecule has 0 aliphatic rings. The summed E-state index contributed by atoms with van der Waals surface area (Å²) in [7, 11) is 1.71. The number of alkyl halides is 3. The topological polar surface area (TPSA) is 72.9 Å². The van der Waals surface area contributed by atoms with E-state index >= 15 is 0 Å². The first kappa shape index (κ1) is 15.6. The van der Waals surface area contributed by atoms with Crippen molar-refractivity contribution in [3.05, 3.63) is 41.0 Å². The van der Waals surface area contributed by atoms with Crippen molar-refractivity contribution in [2.24, 2.45) is 7.05 Å². The lowest BCUT2D eigenvalue weighted by Crippen LogP contribution is -2.06. The SMILES string of the molecule is Cn1cc2c3cc(C(=O)O)sc3n(-c3ccc(C(F)(F)F)cn3)c2n1. The third-order valence-corrected chi connectivity index (χ3v) is 4.85. The van der Waals surface area contributed by atoms with Crippen molar-refractivity contribution in [1.29, 1.82) is 0 Å². The van der Waals surface area contributed by atoms with Gasteiger partial charge in [-0.1, -0.05) is 0 Å². The number of aromatic carboxylic acids is 1. The highest BCUT2D eigenvalue weighted by Gasteiger charge is 2.31. The summed E-state index contributed by atoms with van der Waals surface area (Å²) in [4.78, 5) is 15.9. The van der Waals surface area contributed by atoms with Crippen LogP contribution in [0.2, 0.25) is 0 Å². The van der Waals surface area contributed by atoms with Crippen LogP contribution in [0.5, 0.6) is 0 Å². The van der Waals surface area contributed by atoms with E-state index in [-0.39, 0.29) is 10.7 Å². The molecule has 0 radical (unpaired) electrons. The molecule has 0 amide bonds. The predicted molar refractivity (Wildman–Crippen MR) is 85.2 cm³/mol. The zero-order valence-corrected chi connectivity index (χ0v) is 13.4. The maximum Gasteiger partial charge on any atom is 0.417 e. The van der Waals surface area contributed by atoms with Crippen LogP contribution in [0.25, 0.3) is 27.1 Å². The number of thiophene rings is 1. The fraction of sp³-hybridized carbons (Fsp3) is 0.133. The minimum Gasteiger partial charge on any atom is -0.477 e. The number of carbonyl (C=O) groups is 1. The average molecular weight is 366 g/mol. The maximum absolute atomic E-state index is 12.7. The molecule has 10 heteroatoms. The van der Waals surface area contributed by atoms with Crippen molar-refractivity contribution in [2.75, 3.05) is 0 Å². The third-order valence-electron chi connectivity index (χ3n) is 3.74. The number of carboxylic acids is 1. The quantitative estimate of drug-likeness (QED) is 0.587. The van der Waals surface area contributed by atoms with Crippen molar-refractivity contribution in [1.82, 2.24) is 19.3 Å². The molecule has 4 rings (SSSR count). The van der Waals surface area contributed by atoms with Gasteiger partial charge in [0.2, 0.25) is 0 Å². The fourth-order valence-corrected chi connectivity index (χ4v) is 3.70. The van der Waals surface area contributed by atoms with E-state index in [1.165, 1.54) is 12.1 Å². The lowest BCUT2D eigenvalue weighted by atomic mass is 10.3. The maximum atomic E-state index is 12.7. The molecule has 6 nitrogen and oxygen atoms in total. The Kier molecular flexibility index (Phi) is 3.16. The summed E-state index contributed by atoms with van der Waals surface area (Å²) >= 11 is 1.02. The molecule has 0 atom stereocenters. The second-order valence-corrected chi connectivity index (χ2v) is 6.44. The Balaban J connectivity index is 1.99. The molecule has 4 aromatic heterocycles. The zero-order chi connectivity index (χ0) is 17.9. The number of rotatable bonds is 2. The number of carboxylic acid groups (broad SMARTS) is 1. The Morgan fingerprint density at radius 3 is 2.64 bits per heavy atom. The van der Waals surface area contributed by atoms with Crippen LogP contribution in [-0.4, -0.2) is 30.4 Å². The summed E-state index contributed by atoms with van der Waals surface area (Å²) in [5, 5.41) is 14.9. The molecule has 0 aromatic carbocycles. The smallest absolute Gasteiger partial charge is 0.417 e. The van der Waals surface area contributed by atoms with E-state index in [1.54, 1.807) is 22.5 Å². The number of aromatic nitrogens is 4. The summed E-state index contributed by atoms with van der Waals surface area (Å²) in [5.74, 6) is -0.823. The lowest BCUT2D eigenvalue weighted by molar-refractivity contribution is -0.137. The highest BCUT2D eigenvalue weighted by atomic mass is 32.1. The Morgan fingerprint density at radius 1 is 1.28 bits per heavy atom. The van der Waals surface area contributed by atoms with E-state index in [0.717, 1.165) is 23.6 Å². The van der Waals surface area contributed by atoms with Gasteiger partial charge in [0.1, 0.15) is 15.5 Å². The van der Waals surface area contributed by atoms with Crippen LogP contribution in [-0.2, 0) is 13.2 Å². The van der Waals surface area contributed by atoms with E-state index in [1.807, 2.05) is 0 Å². The van der Waals surface area contributed by atoms with Crippen LogP contribution >= 0.6 is 11.3 Å². The monoisotopic (exact) mass is 366 g/mol. The van der Waals surface area contributed by atoms with Crippen LogP contribution in [0.4, 0.5) is 13.2 Å². The molecule has 0 unspecified atom stereocenters. The summed E-state index contributed by atoms with van der Waals surface area (Å²) in [6.07, 6.45) is -1.99. The normalized spacial score (nSPS) is 12.3. The van der Waals surface area contributed by atoms with Gasteiger partial charge in [-0.15, -0.1) is 11.3 Å². The van der Waals surface area contributed by atoms with Crippen LogP contribution in [0, 0.1) is 0 Å². The lowest BCUT2D eigenvalue weighted by Gasteiger charge is -2.08. The molecule has 128 valence electrons. The Bertz CT molecular complexity index is 1120. The van der Waals surface area contributed by atoms with E-state index in [9.17, 15) is 23.1 Å². The summed E-state index contributed by atoms with van der Waals surface area (Å²) in [6.45, 7) is 0. The van der Waals surface area contributed by atoms with Gasteiger partial charge in [0.05, 0.1) is 5.56 Å². The molecule has 4 heterocycles. The van der Waals surface area contributed by atoms with Crippen molar-refractivity contribution in [3.8, 4) is 5.82 Å². The Morgan fingerprint density at radius 2 is 2.04 bits per heavy atom. The number of fused-ring (bicyclic) bond motifs is 3. The van der Waals surface area contributed by atoms with E-state index in [0.29, 0.717) is 21.3 Å². The van der Waals surface area contributed by atoms with Gasteiger partial charge in [0.25, 0.3) is 0 Å².